The van der Waals surface area contributed by atoms with Crippen molar-refractivity contribution in [2.75, 3.05) is 0 Å². The Balaban J connectivity index is 1.91. The first-order valence-corrected chi connectivity index (χ1v) is 7.63. The molecule has 122 valence electrons. The van der Waals surface area contributed by atoms with Gasteiger partial charge in [0, 0.05) is 16.7 Å². The first kappa shape index (κ1) is 15.0. The van der Waals surface area contributed by atoms with Crippen LogP contribution in [0.25, 0.3) is 33.2 Å². The van der Waals surface area contributed by atoms with Crippen LogP contribution in [-0.2, 0) is 0 Å². The zero-order valence-electron chi connectivity index (χ0n) is 13.0. The van der Waals surface area contributed by atoms with Crippen LogP contribution in [0.1, 0.15) is 20.7 Å². The van der Waals surface area contributed by atoms with Gasteiger partial charge in [0.1, 0.15) is 5.82 Å². The third-order valence-corrected chi connectivity index (χ3v) is 4.19. The number of hydrogen-bond donors (Lipinski definition) is 3. The largest absolute Gasteiger partial charge is 0.338 e. The molecule has 6 heteroatoms. The van der Waals surface area contributed by atoms with Gasteiger partial charge in [0.25, 0.3) is 5.91 Å². The molecule has 3 N–H and O–H groups in total. The van der Waals surface area contributed by atoms with Crippen LogP contribution in [-0.4, -0.2) is 27.4 Å². The minimum atomic E-state index is -0.600. The lowest BCUT2D eigenvalue weighted by atomic mass is 9.99. The van der Waals surface area contributed by atoms with Crippen LogP contribution in [0.15, 0.2) is 54.6 Å². The number of hydrogen-bond acceptors (Lipinski definition) is 4. The average Bonchev–Trinajstić information content (AvgIpc) is 3.09. The van der Waals surface area contributed by atoms with Gasteiger partial charge in [0.15, 0.2) is 6.29 Å². The zero-order valence-corrected chi connectivity index (χ0v) is 13.0. The highest BCUT2D eigenvalue weighted by atomic mass is 16.5. The van der Waals surface area contributed by atoms with Crippen molar-refractivity contribution in [1.29, 1.82) is 0 Å². The lowest BCUT2D eigenvalue weighted by Crippen LogP contribution is -2.18. The summed E-state index contributed by atoms with van der Waals surface area (Å²) in [5, 5.41) is 10.6. The Morgan fingerprint density at radius 1 is 1.12 bits per heavy atom. The van der Waals surface area contributed by atoms with E-state index in [4.69, 9.17) is 5.21 Å². The van der Waals surface area contributed by atoms with E-state index in [1.807, 2.05) is 36.4 Å². The Hall–Kier alpha value is -3.51. The maximum absolute atomic E-state index is 11.7. The predicted octanol–water partition coefficient (Wildman–Crippen LogP) is 3.31. The van der Waals surface area contributed by atoms with Crippen LogP contribution in [0.3, 0.4) is 0 Å². The number of nitrogens with zero attached hydrogens (tertiary/aromatic N) is 1. The van der Waals surface area contributed by atoms with E-state index in [9.17, 15) is 9.59 Å². The molecular formula is C19H13N3O3. The average molecular weight is 331 g/mol. The topological polar surface area (TPSA) is 95.1 Å². The highest BCUT2D eigenvalue weighted by molar-refractivity contribution is 6.04. The number of carbonyl (C=O) groups is 2. The number of amides is 1. The summed E-state index contributed by atoms with van der Waals surface area (Å²) in [6.45, 7) is 0. The fourth-order valence-electron chi connectivity index (χ4n) is 2.97. The molecule has 0 saturated carbocycles. The normalized spacial score (nSPS) is 10.9. The third kappa shape index (κ3) is 2.45. The summed E-state index contributed by atoms with van der Waals surface area (Å²) in [5.41, 5.74) is 4.46. The molecule has 0 aliphatic carbocycles. The van der Waals surface area contributed by atoms with Gasteiger partial charge >= 0.3 is 0 Å². The Kier molecular flexibility index (Phi) is 3.52. The highest BCUT2D eigenvalue weighted by Crippen LogP contribution is 2.29. The molecular weight excluding hydrogens is 318 g/mol. The van der Waals surface area contributed by atoms with Crippen molar-refractivity contribution >= 4 is 34.0 Å². The maximum atomic E-state index is 11.7. The van der Waals surface area contributed by atoms with Crippen molar-refractivity contribution < 1.29 is 14.8 Å². The number of aromatic nitrogens is 2. The van der Waals surface area contributed by atoms with Crippen molar-refractivity contribution in [3.8, 4) is 11.4 Å². The Morgan fingerprint density at radius 3 is 2.76 bits per heavy atom. The number of nitrogens with one attached hydrogen (secondary N) is 2. The minimum Gasteiger partial charge on any atom is -0.338 e. The molecule has 4 rings (SSSR count). The van der Waals surface area contributed by atoms with Crippen LogP contribution in [0.2, 0.25) is 0 Å². The lowest BCUT2D eigenvalue weighted by molar-refractivity contribution is 0.0706. The van der Waals surface area contributed by atoms with Crippen LogP contribution in [0.4, 0.5) is 0 Å². The molecule has 0 saturated heterocycles. The molecule has 1 amide bonds. The summed E-state index contributed by atoms with van der Waals surface area (Å²) < 4.78 is 0. The van der Waals surface area contributed by atoms with Gasteiger partial charge in [-0.1, -0.05) is 30.3 Å². The maximum Gasteiger partial charge on any atom is 0.274 e. The molecule has 0 unspecified atom stereocenters. The minimum absolute atomic E-state index is 0.305. The van der Waals surface area contributed by atoms with Crippen molar-refractivity contribution in [2.24, 2.45) is 0 Å². The number of H-pyrrole nitrogens is 1. The van der Waals surface area contributed by atoms with Crippen LogP contribution >= 0.6 is 0 Å². The summed E-state index contributed by atoms with van der Waals surface area (Å²) in [6.07, 6.45) is 0.829. The molecule has 0 fully saturated rings. The number of aromatic amines is 1. The van der Waals surface area contributed by atoms with Gasteiger partial charge in [-0.15, -0.1) is 0 Å². The van der Waals surface area contributed by atoms with Gasteiger partial charge in [-0.25, -0.2) is 10.5 Å². The fourth-order valence-corrected chi connectivity index (χ4v) is 2.97. The molecule has 0 radical (unpaired) electrons. The molecule has 1 heterocycles. The molecule has 4 aromatic rings. The number of hydroxylamine groups is 1. The van der Waals surface area contributed by atoms with Crippen molar-refractivity contribution in [3.05, 3.63) is 65.7 Å². The van der Waals surface area contributed by atoms with Gasteiger partial charge in [0.05, 0.1) is 11.0 Å². The van der Waals surface area contributed by atoms with E-state index >= 15 is 0 Å². The van der Waals surface area contributed by atoms with E-state index in [1.54, 1.807) is 23.7 Å². The van der Waals surface area contributed by atoms with Crippen LogP contribution in [0.5, 0.6) is 0 Å². The van der Waals surface area contributed by atoms with Crippen molar-refractivity contribution in [3.63, 3.8) is 0 Å². The second-order valence-corrected chi connectivity index (χ2v) is 5.62. The number of benzene rings is 3. The summed E-state index contributed by atoms with van der Waals surface area (Å²) in [4.78, 5) is 30.9. The van der Waals surface area contributed by atoms with E-state index < -0.39 is 5.91 Å². The molecule has 0 aliphatic heterocycles. The summed E-state index contributed by atoms with van der Waals surface area (Å²) in [6, 6.07) is 16.3. The van der Waals surface area contributed by atoms with Gasteiger partial charge < -0.3 is 4.98 Å². The molecule has 0 atom stereocenters. The molecule has 6 nitrogen and oxygen atoms in total. The number of rotatable bonds is 3. The first-order chi connectivity index (χ1) is 12.2. The molecule has 25 heavy (non-hydrogen) atoms. The number of aldehydes is 1. The second kappa shape index (κ2) is 5.85. The first-order valence-electron chi connectivity index (χ1n) is 7.63. The lowest BCUT2D eigenvalue weighted by Gasteiger charge is -2.06. The summed E-state index contributed by atoms with van der Waals surface area (Å²) >= 11 is 0. The van der Waals surface area contributed by atoms with E-state index in [-0.39, 0.29) is 0 Å². The predicted molar refractivity (Wildman–Crippen MR) is 93.7 cm³/mol. The Morgan fingerprint density at radius 2 is 1.96 bits per heavy atom. The monoisotopic (exact) mass is 331 g/mol. The smallest absolute Gasteiger partial charge is 0.274 e. The molecule has 0 spiro atoms. The highest BCUT2D eigenvalue weighted by Gasteiger charge is 2.14. The standard InChI is InChI=1S/C19H13N3O3/c23-10-15-13-4-2-1-3-11(13)5-7-14(15)18-20-16-8-6-12(19(24)22-25)9-17(16)21-18/h1-10,25H,(H,20,21)(H,22,24). The molecule has 0 aliphatic rings. The molecule has 0 bridgehead atoms. The van der Waals surface area contributed by atoms with E-state index in [2.05, 4.69) is 9.97 Å². The van der Waals surface area contributed by atoms with Gasteiger partial charge in [-0.05, 0) is 35.0 Å². The Bertz CT molecular complexity index is 1130. The summed E-state index contributed by atoms with van der Waals surface area (Å²) in [5.74, 6) is -0.0539. The van der Waals surface area contributed by atoms with Gasteiger partial charge in [-0.3, -0.25) is 14.8 Å². The SMILES string of the molecule is O=Cc1c(-c2nc3ccc(C(=O)NO)cc3[nH]2)ccc2ccccc12. The number of carbonyl (C=O) groups excluding carboxylic acids is 2. The van der Waals surface area contributed by atoms with Gasteiger partial charge in [-0.2, -0.15) is 0 Å². The third-order valence-electron chi connectivity index (χ3n) is 4.19. The van der Waals surface area contributed by atoms with Crippen LogP contribution in [0, 0.1) is 0 Å². The van der Waals surface area contributed by atoms with Crippen molar-refractivity contribution in [2.45, 2.75) is 0 Å². The van der Waals surface area contributed by atoms with E-state index in [1.165, 1.54) is 0 Å². The second-order valence-electron chi connectivity index (χ2n) is 5.62. The van der Waals surface area contributed by atoms with Crippen LogP contribution < -0.4 is 5.48 Å². The van der Waals surface area contributed by atoms with E-state index in [0.717, 1.165) is 17.1 Å². The molecule has 1 aromatic heterocycles. The van der Waals surface area contributed by atoms with Crippen molar-refractivity contribution in [1.82, 2.24) is 15.4 Å². The van der Waals surface area contributed by atoms with E-state index in [0.29, 0.717) is 33.5 Å². The summed E-state index contributed by atoms with van der Waals surface area (Å²) in [7, 11) is 0. The van der Waals surface area contributed by atoms with Gasteiger partial charge in [0.2, 0.25) is 0 Å². The fraction of sp³-hybridized carbons (Fsp3) is 0. The quantitative estimate of drug-likeness (QED) is 0.305. The number of fused-ring (bicyclic) bond motifs is 2. The molecule has 3 aromatic carbocycles. The number of imidazole rings is 1. The zero-order chi connectivity index (χ0) is 17.4. The Labute approximate surface area is 142 Å².